The van der Waals surface area contributed by atoms with Gasteiger partial charge in [-0.25, -0.2) is 8.78 Å². The number of hydrogen-bond donors (Lipinski definition) is 1. The molecule has 2 heterocycles. The van der Waals surface area contributed by atoms with E-state index in [9.17, 15) is 18.4 Å². The van der Waals surface area contributed by atoms with Gasteiger partial charge in [0.1, 0.15) is 11.8 Å². The number of ether oxygens (including phenoxy) is 1. The second kappa shape index (κ2) is 9.51. The number of halogens is 2. The van der Waals surface area contributed by atoms with Crippen molar-refractivity contribution in [3.05, 3.63) is 59.4 Å². The first-order valence-electron chi connectivity index (χ1n) is 9.74. The molecule has 0 spiro atoms. The summed E-state index contributed by atoms with van der Waals surface area (Å²) in [4.78, 5) is 29.8. The number of rotatable bonds is 7. The SMILES string of the molecule is COc1ccc(CCc2cnccc2C(=O)NCC(=O)N2CC(F)(F)CC2C#N)cc1. The zero-order valence-corrected chi connectivity index (χ0v) is 17.0. The molecule has 0 radical (unpaired) electrons. The second-order valence-electron chi connectivity index (χ2n) is 7.29. The molecule has 1 saturated heterocycles. The lowest BCUT2D eigenvalue weighted by Gasteiger charge is -2.19. The van der Waals surface area contributed by atoms with Crippen LogP contribution in [0.4, 0.5) is 8.78 Å². The Bertz CT molecular complexity index is 989. The highest BCUT2D eigenvalue weighted by Gasteiger charge is 2.47. The van der Waals surface area contributed by atoms with Crippen molar-refractivity contribution in [2.45, 2.75) is 31.2 Å². The van der Waals surface area contributed by atoms with Crippen LogP contribution in [-0.2, 0) is 17.6 Å². The maximum absolute atomic E-state index is 13.5. The lowest BCUT2D eigenvalue weighted by atomic mass is 10.0. The molecule has 1 aliphatic rings. The smallest absolute Gasteiger partial charge is 0.268 e. The number of likely N-dealkylation sites (tertiary alicyclic amines) is 1. The summed E-state index contributed by atoms with van der Waals surface area (Å²) in [6.07, 6.45) is 3.59. The van der Waals surface area contributed by atoms with Gasteiger partial charge < -0.3 is 15.0 Å². The van der Waals surface area contributed by atoms with Gasteiger partial charge in [-0.2, -0.15) is 5.26 Å². The van der Waals surface area contributed by atoms with Crippen LogP contribution in [0.25, 0.3) is 0 Å². The Balaban J connectivity index is 1.60. The lowest BCUT2D eigenvalue weighted by Crippen LogP contribution is -2.43. The van der Waals surface area contributed by atoms with Crippen LogP contribution in [0.15, 0.2) is 42.7 Å². The molecular formula is C22H22F2N4O3. The number of aryl methyl sites for hydroxylation is 2. The first-order chi connectivity index (χ1) is 14.8. The number of pyridine rings is 1. The van der Waals surface area contributed by atoms with E-state index in [-0.39, 0.29) is 0 Å². The number of aromatic nitrogens is 1. The van der Waals surface area contributed by atoms with Gasteiger partial charge in [-0.3, -0.25) is 14.6 Å². The minimum absolute atomic E-state index is 0.361. The average molecular weight is 428 g/mol. The number of amides is 2. The minimum Gasteiger partial charge on any atom is -0.497 e. The van der Waals surface area contributed by atoms with Gasteiger partial charge >= 0.3 is 0 Å². The van der Waals surface area contributed by atoms with Crippen molar-refractivity contribution in [2.24, 2.45) is 0 Å². The molecule has 162 valence electrons. The van der Waals surface area contributed by atoms with Crippen molar-refractivity contribution in [3.63, 3.8) is 0 Å². The number of carbonyl (C=O) groups excluding carboxylic acids is 2. The van der Waals surface area contributed by atoms with E-state index in [2.05, 4.69) is 10.3 Å². The number of nitriles is 1. The van der Waals surface area contributed by atoms with Crippen molar-refractivity contribution in [2.75, 3.05) is 20.2 Å². The van der Waals surface area contributed by atoms with E-state index in [1.54, 1.807) is 25.4 Å². The van der Waals surface area contributed by atoms with Gasteiger partial charge in [-0.05, 0) is 42.2 Å². The molecule has 31 heavy (non-hydrogen) atoms. The van der Waals surface area contributed by atoms with Crippen LogP contribution >= 0.6 is 0 Å². The summed E-state index contributed by atoms with van der Waals surface area (Å²) in [5.74, 6) is -3.56. The summed E-state index contributed by atoms with van der Waals surface area (Å²) >= 11 is 0. The Morgan fingerprint density at radius 2 is 2.03 bits per heavy atom. The van der Waals surface area contributed by atoms with E-state index in [1.807, 2.05) is 24.3 Å². The van der Waals surface area contributed by atoms with Gasteiger partial charge in [0.15, 0.2) is 0 Å². The van der Waals surface area contributed by atoms with Crippen LogP contribution in [0.2, 0.25) is 0 Å². The Morgan fingerprint density at radius 3 is 2.71 bits per heavy atom. The van der Waals surface area contributed by atoms with Crippen molar-refractivity contribution in [1.82, 2.24) is 15.2 Å². The van der Waals surface area contributed by atoms with Crippen LogP contribution in [0, 0.1) is 11.3 Å². The highest BCUT2D eigenvalue weighted by molar-refractivity contribution is 5.97. The van der Waals surface area contributed by atoms with Crippen molar-refractivity contribution in [3.8, 4) is 11.8 Å². The Labute approximate surface area is 178 Å². The van der Waals surface area contributed by atoms with Crippen molar-refractivity contribution >= 4 is 11.8 Å². The fourth-order valence-corrected chi connectivity index (χ4v) is 3.47. The number of carbonyl (C=O) groups is 2. The molecule has 1 atom stereocenters. The maximum Gasteiger partial charge on any atom is 0.268 e. The standard InChI is InChI=1S/C22H22F2N4O3/c1-31-18-6-3-15(4-7-18)2-5-16-12-26-9-8-19(16)21(30)27-13-20(29)28-14-22(23,24)10-17(28)11-25/h3-4,6-9,12,17H,2,5,10,13-14H2,1H3,(H,27,30). The molecular weight excluding hydrogens is 406 g/mol. The zero-order chi connectivity index (χ0) is 22.4. The first kappa shape index (κ1) is 22.2. The monoisotopic (exact) mass is 428 g/mol. The number of hydrogen-bond acceptors (Lipinski definition) is 5. The predicted molar refractivity (Wildman–Crippen MR) is 108 cm³/mol. The molecule has 0 saturated carbocycles. The summed E-state index contributed by atoms with van der Waals surface area (Å²) < 4.78 is 32.2. The third kappa shape index (κ3) is 5.54. The Hall–Kier alpha value is -3.54. The molecule has 1 aliphatic heterocycles. The molecule has 1 N–H and O–H groups in total. The number of methoxy groups -OCH3 is 1. The van der Waals surface area contributed by atoms with Gasteiger partial charge in [0.2, 0.25) is 5.91 Å². The summed E-state index contributed by atoms with van der Waals surface area (Å²) in [6.45, 7) is -1.28. The molecule has 1 fully saturated rings. The number of nitrogens with zero attached hydrogens (tertiary/aromatic N) is 3. The molecule has 7 nitrogen and oxygen atoms in total. The molecule has 1 unspecified atom stereocenters. The lowest BCUT2D eigenvalue weighted by molar-refractivity contribution is -0.131. The largest absolute Gasteiger partial charge is 0.497 e. The molecule has 9 heteroatoms. The molecule has 3 rings (SSSR count). The third-order valence-corrected chi connectivity index (χ3v) is 5.13. The van der Waals surface area contributed by atoms with Gasteiger partial charge in [0.25, 0.3) is 11.8 Å². The van der Waals surface area contributed by atoms with Crippen LogP contribution < -0.4 is 10.1 Å². The molecule has 0 aliphatic carbocycles. The number of alkyl halides is 2. The van der Waals surface area contributed by atoms with E-state index in [0.717, 1.165) is 16.2 Å². The van der Waals surface area contributed by atoms with Gasteiger partial charge in [-0.1, -0.05) is 12.1 Å². The Kier molecular flexibility index (Phi) is 6.80. The minimum atomic E-state index is -3.10. The second-order valence-corrected chi connectivity index (χ2v) is 7.29. The fourth-order valence-electron chi connectivity index (χ4n) is 3.47. The third-order valence-electron chi connectivity index (χ3n) is 5.13. The highest BCUT2D eigenvalue weighted by Crippen LogP contribution is 2.31. The van der Waals surface area contributed by atoms with E-state index in [0.29, 0.717) is 24.0 Å². The topological polar surface area (TPSA) is 95.3 Å². The van der Waals surface area contributed by atoms with Crippen LogP contribution in [-0.4, -0.2) is 53.9 Å². The van der Waals surface area contributed by atoms with Crippen molar-refractivity contribution in [1.29, 1.82) is 5.26 Å². The summed E-state index contributed by atoms with van der Waals surface area (Å²) in [5, 5.41) is 11.5. The summed E-state index contributed by atoms with van der Waals surface area (Å²) in [6, 6.07) is 9.65. The van der Waals surface area contributed by atoms with E-state index in [4.69, 9.17) is 10.00 Å². The van der Waals surface area contributed by atoms with Gasteiger partial charge in [-0.15, -0.1) is 0 Å². The molecule has 1 aromatic carbocycles. The van der Waals surface area contributed by atoms with Gasteiger partial charge in [0.05, 0.1) is 26.3 Å². The molecule has 2 amide bonds. The average Bonchev–Trinajstić information content (AvgIpc) is 3.11. The normalized spacial score (nSPS) is 17.1. The van der Waals surface area contributed by atoms with Crippen LogP contribution in [0.3, 0.4) is 0 Å². The first-order valence-corrected chi connectivity index (χ1v) is 9.74. The summed E-state index contributed by atoms with van der Waals surface area (Å²) in [5.41, 5.74) is 2.12. The van der Waals surface area contributed by atoms with E-state index in [1.165, 1.54) is 6.20 Å². The fraction of sp³-hybridized carbons (Fsp3) is 0.364. The summed E-state index contributed by atoms with van der Waals surface area (Å²) in [7, 11) is 1.59. The highest BCUT2D eigenvalue weighted by atomic mass is 19.3. The Morgan fingerprint density at radius 1 is 1.29 bits per heavy atom. The van der Waals surface area contributed by atoms with E-state index < -0.39 is 43.3 Å². The van der Waals surface area contributed by atoms with Crippen LogP contribution in [0.1, 0.15) is 27.9 Å². The molecule has 0 bridgehead atoms. The van der Waals surface area contributed by atoms with E-state index >= 15 is 0 Å². The quantitative estimate of drug-likeness (QED) is 0.731. The molecule has 2 aromatic rings. The van der Waals surface area contributed by atoms with Crippen LogP contribution in [0.5, 0.6) is 5.75 Å². The van der Waals surface area contributed by atoms with Crippen molar-refractivity contribution < 1.29 is 23.1 Å². The number of nitrogens with one attached hydrogen (secondary N) is 1. The predicted octanol–water partition coefficient (Wildman–Crippen LogP) is 2.36. The molecule has 1 aromatic heterocycles. The number of benzene rings is 1. The van der Waals surface area contributed by atoms with Gasteiger partial charge in [0, 0.05) is 24.4 Å². The zero-order valence-electron chi connectivity index (χ0n) is 17.0. The maximum atomic E-state index is 13.5.